The lowest BCUT2D eigenvalue weighted by atomic mass is 9.95. The standard InChI is InChI=1S/C11H18N4/c1-10(2,3)9-14-6-7(12)8(15-9)11(13)4-5-11/h6H,4-5,12-13H2,1-3H3. The quantitative estimate of drug-likeness (QED) is 0.726. The van der Waals surface area contributed by atoms with Gasteiger partial charge in [0.2, 0.25) is 0 Å². The van der Waals surface area contributed by atoms with Crippen LogP contribution in [0, 0.1) is 0 Å². The van der Waals surface area contributed by atoms with Crippen LogP contribution in [-0.2, 0) is 11.0 Å². The SMILES string of the molecule is CC(C)(C)c1ncc(N)c(C2(N)CC2)n1. The van der Waals surface area contributed by atoms with Crippen LogP contribution in [0.1, 0.15) is 45.1 Å². The van der Waals surface area contributed by atoms with E-state index in [-0.39, 0.29) is 11.0 Å². The molecule has 0 radical (unpaired) electrons. The summed E-state index contributed by atoms with van der Waals surface area (Å²) in [6, 6.07) is 0. The van der Waals surface area contributed by atoms with Crippen LogP contribution >= 0.6 is 0 Å². The number of nitrogen functional groups attached to an aromatic ring is 1. The third-order valence-electron chi connectivity index (χ3n) is 2.75. The molecular weight excluding hydrogens is 188 g/mol. The van der Waals surface area contributed by atoms with Crippen LogP contribution in [0.2, 0.25) is 0 Å². The summed E-state index contributed by atoms with van der Waals surface area (Å²) in [7, 11) is 0. The number of anilines is 1. The molecule has 2 rings (SSSR count). The van der Waals surface area contributed by atoms with Crippen molar-refractivity contribution in [2.75, 3.05) is 5.73 Å². The molecule has 0 aliphatic heterocycles. The Morgan fingerprint density at radius 3 is 2.40 bits per heavy atom. The van der Waals surface area contributed by atoms with Gasteiger partial charge in [-0.25, -0.2) is 9.97 Å². The zero-order valence-electron chi connectivity index (χ0n) is 9.54. The zero-order valence-corrected chi connectivity index (χ0v) is 9.54. The maximum Gasteiger partial charge on any atom is 0.134 e. The molecule has 1 aliphatic rings. The second-order valence-corrected chi connectivity index (χ2v) is 5.40. The Labute approximate surface area is 90.1 Å². The third kappa shape index (κ3) is 1.81. The summed E-state index contributed by atoms with van der Waals surface area (Å²) in [4.78, 5) is 8.78. The molecule has 15 heavy (non-hydrogen) atoms. The van der Waals surface area contributed by atoms with Gasteiger partial charge in [-0.2, -0.15) is 0 Å². The van der Waals surface area contributed by atoms with Gasteiger partial charge >= 0.3 is 0 Å². The van der Waals surface area contributed by atoms with Gasteiger partial charge < -0.3 is 11.5 Å². The molecule has 0 aromatic carbocycles. The minimum absolute atomic E-state index is 0.0618. The van der Waals surface area contributed by atoms with Gasteiger partial charge in [0, 0.05) is 5.41 Å². The van der Waals surface area contributed by atoms with Crippen molar-refractivity contribution >= 4 is 5.69 Å². The molecule has 0 spiro atoms. The summed E-state index contributed by atoms with van der Waals surface area (Å²) in [6.07, 6.45) is 3.62. The molecule has 0 amide bonds. The smallest absolute Gasteiger partial charge is 0.134 e. The van der Waals surface area contributed by atoms with Gasteiger partial charge in [0.25, 0.3) is 0 Å². The maximum atomic E-state index is 6.11. The molecule has 1 aromatic heterocycles. The number of hydrogen-bond donors (Lipinski definition) is 2. The fraction of sp³-hybridized carbons (Fsp3) is 0.636. The summed E-state index contributed by atoms with van der Waals surface area (Å²) in [5, 5.41) is 0. The fourth-order valence-electron chi connectivity index (χ4n) is 1.52. The molecule has 4 N–H and O–H groups in total. The van der Waals surface area contributed by atoms with Crippen molar-refractivity contribution in [3.8, 4) is 0 Å². The molecule has 0 bridgehead atoms. The molecule has 4 heteroatoms. The van der Waals surface area contributed by atoms with Crippen LogP contribution in [-0.4, -0.2) is 9.97 Å². The molecule has 0 atom stereocenters. The highest BCUT2D eigenvalue weighted by Gasteiger charge is 2.43. The van der Waals surface area contributed by atoms with E-state index in [1.165, 1.54) is 0 Å². The first kappa shape index (κ1) is 10.4. The third-order valence-corrected chi connectivity index (χ3v) is 2.75. The van der Waals surface area contributed by atoms with E-state index in [0.717, 1.165) is 24.4 Å². The molecular formula is C11H18N4. The first-order chi connectivity index (χ1) is 6.83. The van der Waals surface area contributed by atoms with E-state index in [4.69, 9.17) is 11.5 Å². The Hall–Kier alpha value is -1.16. The van der Waals surface area contributed by atoms with Crippen molar-refractivity contribution in [1.82, 2.24) is 9.97 Å². The molecule has 1 aliphatic carbocycles. The number of nitrogens with two attached hydrogens (primary N) is 2. The molecule has 1 aromatic rings. The van der Waals surface area contributed by atoms with Gasteiger partial charge in [-0.05, 0) is 12.8 Å². The van der Waals surface area contributed by atoms with E-state index >= 15 is 0 Å². The average molecular weight is 206 g/mol. The topological polar surface area (TPSA) is 77.8 Å². The summed E-state index contributed by atoms with van der Waals surface area (Å²) >= 11 is 0. The van der Waals surface area contributed by atoms with Gasteiger partial charge in [-0.1, -0.05) is 20.8 Å². The Kier molecular flexibility index (Phi) is 2.01. The molecule has 82 valence electrons. The number of hydrogen-bond acceptors (Lipinski definition) is 4. The molecule has 0 saturated heterocycles. The first-order valence-electron chi connectivity index (χ1n) is 5.25. The zero-order chi connectivity index (χ0) is 11.3. The predicted molar refractivity (Wildman–Crippen MR) is 60.2 cm³/mol. The largest absolute Gasteiger partial charge is 0.396 e. The minimum atomic E-state index is -0.285. The Bertz CT molecular complexity index is 388. The van der Waals surface area contributed by atoms with E-state index in [2.05, 4.69) is 30.7 Å². The van der Waals surface area contributed by atoms with Crippen LogP contribution in [0.15, 0.2) is 6.20 Å². The minimum Gasteiger partial charge on any atom is -0.396 e. The lowest BCUT2D eigenvalue weighted by Crippen LogP contribution is -2.26. The van der Waals surface area contributed by atoms with Gasteiger partial charge in [-0.3, -0.25) is 0 Å². The second-order valence-electron chi connectivity index (χ2n) is 5.40. The fourth-order valence-corrected chi connectivity index (χ4v) is 1.52. The number of rotatable bonds is 1. The van der Waals surface area contributed by atoms with Crippen LogP contribution in [0.4, 0.5) is 5.69 Å². The number of nitrogens with zero attached hydrogens (tertiary/aromatic N) is 2. The van der Waals surface area contributed by atoms with E-state index in [1.807, 2.05) is 0 Å². The monoisotopic (exact) mass is 206 g/mol. The van der Waals surface area contributed by atoms with Crippen LogP contribution < -0.4 is 11.5 Å². The highest BCUT2D eigenvalue weighted by atomic mass is 15.0. The van der Waals surface area contributed by atoms with Crippen molar-refractivity contribution in [2.45, 2.75) is 44.6 Å². The van der Waals surface area contributed by atoms with Gasteiger partial charge in [-0.15, -0.1) is 0 Å². The molecule has 0 unspecified atom stereocenters. The average Bonchev–Trinajstić information content (AvgIpc) is 2.83. The van der Waals surface area contributed by atoms with Gasteiger partial charge in [0.15, 0.2) is 0 Å². The van der Waals surface area contributed by atoms with Crippen molar-refractivity contribution < 1.29 is 0 Å². The van der Waals surface area contributed by atoms with Crippen LogP contribution in [0.25, 0.3) is 0 Å². The normalized spacial score (nSPS) is 18.9. The highest BCUT2D eigenvalue weighted by Crippen LogP contribution is 2.44. The molecule has 4 nitrogen and oxygen atoms in total. The van der Waals surface area contributed by atoms with Crippen molar-refractivity contribution in [1.29, 1.82) is 0 Å². The Balaban J connectivity index is 2.47. The van der Waals surface area contributed by atoms with E-state index in [1.54, 1.807) is 6.20 Å². The lowest BCUT2D eigenvalue weighted by molar-refractivity contribution is 0.535. The lowest BCUT2D eigenvalue weighted by Gasteiger charge is -2.19. The summed E-state index contributed by atoms with van der Waals surface area (Å²) in [5.74, 6) is 0.809. The predicted octanol–water partition coefficient (Wildman–Crippen LogP) is 1.30. The van der Waals surface area contributed by atoms with E-state index in [0.29, 0.717) is 5.69 Å². The van der Waals surface area contributed by atoms with E-state index < -0.39 is 0 Å². The molecule has 1 fully saturated rings. The Morgan fingerprint density at radius 1 is 1.33 bits per heavy atom. The van der Waals surface area contributed by atoms with Crippen molar-refractivity contribution in [2.24, 2.45) is 5.73 Å². The first-order valence-corrected chi connectivity index (χ1v) is 5.25. The van der Waals surface area contributed by atoms with E-state index in [9.17, 15) is 0 Å². The second kappa shape index (κ2) is 2.92. The molecule has 1 heterocycles. The Morgan fingerprint density at radius 2 is 1.93 bits per heavy atom. The van der Waals surface area contributed by atoms with Crippen LogP contribution in [0.5, 0.6) is 0 Å². The van der Waals surface area contributed by atoms with Crippen LogP contribution in [0.3, 0.4) is 0 Å². The summed E-state index contributed by atoms with van der Waals surface area (Å²) < 4.78 is 0. The van der Waals surface area contributed by atoms with Crippen molar-refractivity contribution in [3.63, 3.8) is 0 Å². The van der Waals surface area contributed by atoms with Gasteiger partial charge in [0.1, 0.15) is 5.82 Å². The van der Waals surface area contributed by atoms with Gasteiger partial charge in [0.05, 0.1) is 23.1 Å². The summed E-state index contributed by atoms with van der Waals surface area (Å²) in [6.45, 7) is 6.25. The summed E-state index contributed by atoms with van der Waals surface area (Å²) in [5.41, 5.74) is 13.1. The molecule has 1 saturated carbocycles. The highest BCUT2D eigenvalue weighted by molar-refractivity contribution is 5.47. The number of aromatic nitrogens is 2. The van der Waals surface area contributed by atoms with Crippen molar-refractivity contribution in [3.05, 3.63) is 17.7 Å². The maximum absolute atomic E-state index is 6.11.